The second kappa shape index (κ2) is 4.19. The van der Waals surface area contributed by atoms with Gasteiger partial charge in [0.2, 0.25) is 0 Å². The van der Waals surface area contributed by atoms with E-state index in [-0.39, 0.29) is 16.5 Å². The lowest BCUT2D eigenvalue weighted by Gasteiger charge is -2.04. The number of halogens is 1. The minimum Gasteiger partial charge on any atom is -0.384 e. The van der Waals surface area contributed by atoms with Crippen molar-refractivity contribution in [1.82, 2.24) is 15.2 Å². The van der Waals surface area contributed by atoms with Gasteiger partial charge < -0.3 is 11.1 Å². The number of pyridine rings is 1. The van der Waals surface area contributed by atoms with Crippen molar-refractivity contribution in [1.29, 1.82) is 0 Å². The fraction of sp³-hybridized carbons (Fsp3) is 0. The van der Waals surface area contributed by atoms with Gasteiger partial charge in [0.05, 0.1) is 16.9 Å². The molecule has 0 aliphatic rings. The Morgan fingerprint density at radius 2 is 2.31 bits per heavy atom. The van der Waals surface area contributed by atoms with Crippen LogP contribution in [0.5, 0.6) is 0 Å². The van der Waals surface area contributed by atoms with E-state index in [0.717, 1.165) is 0 Å². The Hall–Kier alpha value is -2.08. The molecule has 2 aromatic heterocycles. The van der Waals surface area contributed by atoms with Gasteiger partial charge in [0.15, 0.2) is 0 Å². The Kier molecular flexibility index (Phi) is 2.74. The van der Waals surface area contributed by atoms with Crippen molar-refractivity contribution < 1.29 is 4.79 Å². The highest BCUT2D eigenvalue weighted by Gasteiger charge is 2.13. The van der Waals surface area contributed by atoms with Crippen molar-refractivity contribution in [2.24, 2.45) is 0 Å². The van der Waals surface area contributed by atoms with Gasteiger partial charge in [-0.1, -0.05) is 11.6 Å². The molecule has 1 amide bonds. The van der Waals surface area contributed by atoms with E-state index in [1.165, 1.54) is 24.5 Å². The number of carbonyl (C=O) groups is 1. The quantitative estimate of drug-likeness (QED) is 0.733. The average Bonchev–Trinajstić information content (AvgIpc) is 2.74. The van der Waals surface area contributed by atoms with Crippen LogP contribution in [0.15, 0.2) is 24.5 Å². The van der Waals surface area contributed by atoms with Gasteiger partial charge in [-0.05, 0) is 12.1 Å². The highest BCUT2D eigenvalue weighted by atomic mass is 35.5. The number of H-pyrrole nitrogens is 1. The number of nitrogens with two attached hydrogens (primary N) is 1. The van der Waals surface area contributed by atoms with E-state index < -0.39 is 5.91 Å². The van der Waals surface area contributed by atoms with Gasteiger partial charge in [-0.15, -0.1) is 0 Å². The number of rotatable bonds is 2. The van der Waals surface area contributed by atoms with Gasteiger partial charge in [0.25, 0.3) is 5.91 Å². The molecule has 0 radical (unpaired) electrons. The van der Waals surface area contributed by atoms with Crippen molar-refractivity contribution in [3.63, 3.8) is 0 Å². The van der Waals surface area contributed by atoms with Crippen LogP contribution in [0.4, 0.5) is 11.5 Å². The molecule has 4 N–H and O–H groups in total. The number of hydrogen-bond donors (Lipinski definition) is 3. The molecule has 2 aromatic rings. The average molecular weight is 238 g/mol. The zero-order valence-corrected chi connectivity index (χ0v) is 8.82. The molecule has 16 heavy (non-hydrogen) atoms. The number of amides is 1. The molecule has 0 aliphatic carbocycles. The van der Waals surface area contributed by atoms with Crippen LogP contribution in [0.25, 0.3) is 0 Å². The number of aromatic amines is 1. The summed E-state index contributed by atoms with van der Waals surface area (Å²) in [7, 11) is 0. The zero-order valence-electron chi connectivity index (χ0n) is 8.07. The van der Waals surface area contributed by atoms with Gasteiger partial charge in [0.1, 0.15) is 11.5 Å². The monoisotopic (exact) mass is 237 g/mol. The third kappa shape index (κ3) is 2.12. The van der Waals surface area contributed by atoms with Crippen LogP contribution in [0.2, 0.25) is 5.02 Å². The lowest BCUT2D eigenvalue weighted by atomic mass is 10.3. The van der Waals surface area contributed by atoms with E-state index in [2.05, 4.69) is 20.5 Å². The Labute approximate surface area is 95.8 Å². The van der Waals surface area contributed by atoms with E-state index >= 15 is 0 Å². The van der Waals surface area contributed by atoms with Gasteiger partial charge in [-0.25, -0.2) is 4.98 Å². The summed E-state index contributed by atoms with van der Waals surface area (Å²) in [6.45, 7) is 0. The number of aromatic nitrogens is 3. The van der Waals surface area contributed by atoms with Crippen LogP contribution < -0.4 is 11.1 Å². The van der Waals surface area contributed by atoms with Crippen molar-refractivity contribution in [3.8, 4) is 0 Å². The summed E-state index contributed by atoms with van der Waals surface area (Å²) in [6.07, 6.45) is 3.01. The van der Waals surface area contributed by atoms with Crippen LogP contribution in [0.1, 0.15) is 10.5 Å². The maximum absolute atomic E-state index is 11.7. The second-order valence-electron chi connectivity index (χ2n) is 3.01. The van der Waals surface area contributed by atoms with Crippen molar-refractivity contribution >= 4 is 29.0 Å². The van der Waals surface area contributed by atoms with Crippen LogP contribution >= 0.6 is 11.6 Å². The number of carbonyl (C=O) groups excluding carboxylic acids is 1. The van der Waals surface area contributed by atoms with Crippen molar-refractivity contribution in [2.45, 2.75) is 0 Å². The highest BCUT2D eigenvalue weighted by Crippen LogP contribution is 2.16. The zero-order chi connectivity index (χ0) is 11.5. The van der Waals surface area contributed by atoms with E-state index in [4.69, 9.17) is 17.3 Å². The summed E-state index contributed by atoms with van der Waals surface area (Å²) in [5.41, 5.74) is 6.09. The molecular weight excluding hydrogens is 230 g/mol. The third-order valence-electron chi connectivity index (χ3n) is 1.84. The molecule has 0 bridgehead atoms. The maximum Gasteiger partial charge on any atom is 0.275 e. The molecule has 82 valence electrons. The predicted octanol–water partition coefficient (Wildman–Crippen LogP) is 1.29. The first kappa shape index (κ1) is 10.4. The smallest absolute Gasteiger partial charge is 0.275 e. The number of hydrogen-bond acceptors (Lipinski definition) is 4. The summed E-state index contributed by atoms with van der Waals surface area (Å²) in [5.74, 6) is -0.194. The fourth-order valence-electron chi connectivity index (χ4n) is 1.13. The van der Waals surface area contributed by atoms with E-state index in [9.17, 15) is 4.79 Å². The predicted molar refractivity (Wildman–Crippen MR) is 60.2 cm³/mol. The van der Waals surface area contributed by atoms with E-state index in [0.29, 0.717) is 5.69 Å². The van der Waals surface area contributed by atoms with Gasteiger partial charge in [-0.3, -0.25) is 9.89 Å². The molecule has 2 heterocycles. The number of nitrogens with one attached hydrogen (secondary N) is 2. The molecule has 0 fully saturated rings. The summed E-state index contributed by atoms with van der Waals surface area (Å²) < 4.78 is 0. The standard InChI is InChI=1S/C9H8ClN5O/c10-6-1-2-7(11)15-8(6)9(16)14-5-3-12-13-4-5/h1-4H,(H2,11,15)(H,12,13)(H,14,16). The molecule has 0 saturated heterocycles. The highest BCUT2D eigenvalue weighted by molar-refractivity contribution is 6.34. The Morgan fingerprint density at radius 3 is 3.00 bits per heavy atom. The number of nitrogen functional groups attached to an aromatic ring is 1. The molecule has 0 spiro atoms. The first-order valence-corrected chi connectivity index (χ1v) is 4.77. The minimum atomic E-state index is -0.432. The van der Waals surface area contributed by atoms with Crippen molar-refractivity contribution in [2.75, 3.05) is 11.1 Å². The normalized spacial score (nSPS) is 10.1. The van der Waals surface area contributed by atoms with E-state index in [1.54, 1.807) is 0 Å². The van der Waals surface area contributed by atoms with Gasteiger partial charge >= 0.3 is 0 Å². The molecule has 0 atom stereocenters. The summed E-state index contributed by atoms with van der Waals surface area (Å²) >= 11 is 5.83. The van der Waals surface area contributed by atoms with Crippen LogP contribution in [0.3, 0.4) is 0 Å². The van der Waals surface area contributed by atoms with Gasteiger partial charge in [0, 0.05) is 6.20 Å². The molecular formula is C9H8ClN5O. The van der Waals surface area contributed by atoms with Crippen LogP contribution in [0, 0.1) is 0 Å². The third-order valence-corrected chi connectivity index (χ3v) is 2.14. The fourth-order valence-corrected chi connectivity index (χ4v) is 1.32. The molecule has 2 rings (SSSR count). The first-order chi connectivity index (χ1) is 7.66. The molecule has 0 aliphatic heterocycles. The second-order valence-corrected chi connectivity index (χ2v) is 3.41. The molecule has 7 heteroatoms. The topological polar surface area (TPSA) is 96.7 Å². The van der Waals surface area contributed by atoms with E-state index in [1.807, 2.05) is 0 Å². The molecule has 0 aromatic carbocycles. The summed E-state index contributed by atoms with van der Waals surface area (Å²) in [6, 6.07) is 3.05. The number of nitrogens with zero attached hydrogens (tertiary/aromatic N) is 2. The summed E-state index contributed by atoms with van der Waals surface area (Å²) in [4.78, 5) is 15.6. The van der Waals surface area contributed by atoms with Gasteiger partial charge in [-0.2, -0.15) is 5.10 Å². The Bertz CT molecular complexity index is 511. The molecule has 0 saturated carbocycles. The maximum atomic E-state index is 11.7. The van der Waals surface area contributed by atoms with Crippen LogP contribution in [-0.2, 0) is 0 Å². The summed E-state index contributed by atoms with van der Waals surface area (Å²) in [5, 5.41) is 9.08. The first-order valence-electron chi connectivity index (χ1n) is 4.39. The Balaban J connectivity index is 2.24. The minimum absolute atomic E-state index is 0.0860. The van der Waals surface area contributed by atoms with Crippen molar-refractivity contribution in [3.05, 3.63) is 35.2 Å². The lowest BCUT2D eigenvalue weighted by molar-refractivity contribution is 0.102. The Morgan fingerprint density at radius 1 is 1.50 bits per heavy atom. The SMILES string of the molecule is Nc1ccc(Cl)c(C(=O)Nc2cn[nH]c2)n1. The molecule has 6 nitrogen and oxygen atoms in total. The largest absolute Gasteiger partial charge is 0.384 e. The number of anilines is 2. The van der Waals surface area contributed by atoms with Crippen LogP contribution in [-0.4, -0.2) is 21.1 Å². The lowest BCUT2D eigenvalue weighted by Crippen LogP contribution is -2.14. The molecule has 0 unspecified atom stereocenters.